The van der Waals surface area contributed by atoms with Crippen LogP contribution in [0.2, 0.25) is 0 Å². The van der Waals surface area contributed by atoms with Gasteiger partial charge < -0.3 is 10.2 Å². The van der Waals surface area contributed by atoms with Crippen molar-refractivity contribution in [1.82, 2.24) is 10.2 Å². The number of aryl methyl sites for hydroxylation is 1. The van der Waals surface area contributed by atoms with E-state index in [1.807, 2.05) is 25.9 Å². The smallest absolute Gasteiger partial charge is 0.264 e. The van der Waals surface area contributed by atoms with Gasteiger partial charge in [0.15, 0.2) is 0 Å². The summed E-state index contributed by atoms with van der Waals surface area (Å²) in [5, 5.41) is 2.82. The number of para-hydroxylation sites is 1. The van der Waals surface area contributed by atoms with Gasteiger partial charge in [-0.2, -0.15) is 0 Å². The highest BCUT2D eigenvalue weighted by atomic mass is 32.2. The quantitative estimate of drug-likeness (QED) is 0.805. The minimum atomic E-state index is -3.75. The van der Waals surface area contributed by atoms with Crippen LogP contribution in [0, 0.1) is 6.92 Å². The van der Waals surface area contributed by atoms with Gasteiger partial charge >= 0.3 is 0 Å². The molecule has 0 unspecified atom stereocenters. The maximum absolute atomic E-state index is 12.9. The Morgan fingerprint density at radius 3 is 2.23 bits per heavy atom. The summed E-state index contributed by atoms with van der Waals surface area (Å²) < 4.78 is 27.0. The Morgan fingerprint density at radius 1 is 1.00 bits per heavy atom. The summed E-state index contributed by atoms with van der Waals surface area (Å²) in [4.78, 5) is 14.7. The van der Waals surface area contributed by atoms with Gasteiger partial charge in [0.25, 0.3) is 15.9 Å². The van der Waals surface area contributed by atoms with Crippen LogP contribution in [0.15, 0.2) is 53.4 Å². The van der Waals surface area contributed by atoms with Crippen LogP contribution in [-0.2, 0) is 10.0 Å². The van der Waals surface area contributed by atoms with Gasteiger partial charge in [0, 0.05) is 20.1 Å². The SMILES string of the molecule is Cc1ccc(S(=O)(=O)N(C)c2ccccc2C(=O)NCCN(C)C)cc1. The Hall–Kier alpha value is -2.38. The van der Waals surface area contributed by atoms with Crippen molar-refractivity contribution in [3.05, 3.63) is 59.7 Å². The van der Waals surface area contributed by atoms with E-state index in [4.69, 9.17) is 0 Å². The minimum absolute atomic E-state index is 0.188. The zero-order chi connectivity index (χ0) is 19.3. The summed E-state index contributed by atoms with van der Waals surface area (Å²) in [7, 11) is 1.54. The number of nitrogens with one attached hydrogen (secondary N) is 1. The molecule has 0 aromatic heterocycles. The molecule has 0 saturated heterocycles. The van der Waals surface area contributed by atoms with Crippen LogP contribution in [0.5, 0.6) is 0 Å². The van der Waals surface area contributed by atoms with Crippen molar-refractivity contribution in [3.8, 4) is 0 Å². The molecule has 0 aliphatic rings. The van der Waals surface area contributed by atoms with E-state index >= 15 is 0 Å². The molecular formula is C19H25N3O3S. The largest absolute Gasteiger partial charge is 0.351 e. The lowest BCUT2D eigenvalue weighted by molar-refractivity contribution is 0.0951. The fourth-order valence-electron chi connectivity index (χ4n) is 2.43. The molecule has 0 aliphatic heterocycles. The molecule has 1 amide bonds. The molecule has 2 rings (SSSR count). The average molecular weight is 375 g/mol. The summed E-state index contributed by atoms with van der Waals surface area (Å²) in [6, 6.07) is 13.3. The third-order valence-electron chi connectivity index (χ3n) is 4.01. The molecule has 0 heterocycles. The molecule has 6 nitrogen and oxygen atoms in total. The second kappa shape index (κ2) is 8.33. The van der Waals surface area contributed by atoms with Crippen LogP contribution in [0.4, 0.5) is 5.69 Å². The summed E-state index contributed by atoms with van der Waals surface area (Å²) in [5.74, 6) is -0.298. The first-order chi connectivity index (χ1) is 12.2. The first-order valence-electron chi connectivity index (χ1n) is 8.31. The lowest BCUT2D eigenvalue weighted by Gasteiger charge is -2.22. The van der Waals surface area contributed by atoms with Gasteiger partial charge in [0.2, 0.25) is 0 Å². The summed E-state index contributed by atoms with van der Waals surface area (Å²) in [5.41, 5.74) is 1.65. The maximum atomic E-state index is 12.9. The highest BCUT2D eigenvalue weighted by Crippen LogP contribution is 2.25. The molecule has 0 saturated carbocycles. The molecule has 26 heavy (non-hydrogen) atoms. The molecule has 0 bridgehead atoms. The maximum Gasteiger partial charge on any atom is 0.264 e. The fraction of sp³-hybridized carbons (Fsp3) is 0.316. The normalized spacial score (nSPS) is 11.4. The number of hydrogen-bond acceptors (Lipinski definition) is 4. The Morgan fingerprint density at radius 2 is 1.62 bits per heavy atom. The van der Waals surface area contributed by atoms with Gasteiger partial charge in [-0.1, -0.05) is 29.8 Å². The lowest BCUT2D eigenvalue weighted by atomic mass is 10.1. The van der Waals surface area contributed by atoms with Crippen LogP contribution in [0.25, 0.3) is 0 Å². The molecule has 7 heteroatoms. The number of anilines is 1. The fourth-order valence-corrected chi connectivity index (χ4v) is 3.64. The third-order valence-corrected chi connectivity index (χ3v) is 5.80. The zero-order valence-corrected chi connectivity index (χ0v) is 16.4. The zero-order valence-electron chi connectivity index (χ0n) is 15.6. The topological polar surface area (TPSA) is 69.7 Å². The van der Waals surface area contributed by atoms with Gasteiger partial charge in [-0.15, -0.1) is 0 Å². The number of benzene rings is 2. The second-order valence-electron chi connectivity index (χ2n) is 6.36. The Balaban J connectivity index is 2.30. The number of carbonyl (C=O) groups is 1. The van der Waals surface area contributed by atoms with Crippen molar-refractivity contribution in [2.75, 3.05) is 38.5 Å². The van der Waals surface area contributed by atoms with Crippen molar-refractivity contribution in [2.24, 2.45) is 0 Å². The van der Waals surface area contributed by atoms with E-state index in [1.165, 1.54) is 7.05 Å². The van der Waals surface area contributed by atoms with Gasteiger partial charge in [-0.05, 0) is 45.3 Å². The molecule has 0 atom stereocenters. The molecule has 1 N–H and O–H groups in total. The van der Waals surface area contributed by atoms with Gasteiger partial charge in [0.1, 0.15) is 0 Å². The predicted molar refractivity (Wildman–Crippen MR) is 104 cm³/mol. The molecule has 2 aromatic rings. The first kappa shape index (κ1) is 19.9. The lowest BCUT2D eigenvalue weighted by Crippen LogP contribution is -2.33. The standard InChI is InChI=1S/C19H25N3O3S/c1-15-9-11-16(12-10-15)26(24,25)22(4)18-8-6-5-7-17(18)19(23)20-13-14-21(2)3/h5-12H,13-14H2,1-4H3,(H,20,23). The van der Waals surface area contributed by atoms with Crippen molar-refractivity contribution in [2.45, 2.75) is 11.8 Å². The molecule has 0 radical (unpaired) electrons. The van der Waals surface area contributed by atoms with Crippen LogP contribution in [0.3, 0.4) is 0 Å². The van der Waals surface area contributed by atoms with E-state index in [2.05, 4.69) is 5.32 Å². The van der Waals surface area contributed by atoms with Crippen LogP contribution in [-0.4, -0.2) is 53.5 Å². The van der Waals surface area contributed by atoms with Crippen molar-refractivity contribution in [3.63, 3.8) is 0 Å². The highest BCUT2D eigenvalue weighted by molar-refractivity contribution is 7.92. The van der Waals surface area contributed by atoms with Crippen molar-refractivity contribution < 1.29 is 13.2 Å². The third kappa shape index (κ3) is 4.62. The molecule has 0 spiro atoms. The van der Waals surface area contributed by atoms with Crippen LogP contribution in [0.1, 0.15) is 15.9 Å². The summed E-state index contributed by atoms with van der Waals surface area (Å²) in [6.07, 6.45) is 0. The molecular weight excluding hydrogens is 350 g/mol. The second-order valence-corrected chi connectivity index (χ2v) is 8.33. The van der Waals surface area contributed by atoms with Gasteiger partial charge in [-0.25, -0.2) is 8.42 Å². The Kier molecular flexibility index (Phi) is 6.39. The number of carbonyl (C=O) groups excluding carboxylic acids is 1. The Bertz CT molecular complexity index is 862. The molecule has 0 aliphatic carbocycles. The number of amides is 1. The van der Waals surface area contributed by atoms with E-state index in [-0.39, 0.29) is 10.8 Å². The van der Waals surface area contributed by atoms with Gasteiger partial charge in [0.05, 0.1) is 16.1 Å². The number of nitrogens with zero attached hydrogens (tertiary/aromatic N) is 2. The number of rotatable bonds is 7. The summed E-state index contributed by atoms with van der Waals surface area (Å²) >= 11 is 0. The van der Waals surface area contributed by atoms with E-state index < -0.39 is 10.0 Å². The van der Waals surface area contributed by atoms with E-state index in [0.717, 1.165) is 9.87 Å². The minimum Gasteiger partial charge on any atom is -0.351 e. The van der Waals surface area contributed by atoms with E-state index in [1.54, 1.807) is 48.5 Å². The van der Waals surface area contributed by atoms with Crippen molar-refractivity contribution in [1.29, 1.82) is 0 Å². The van der Waals surface area contributed by atoms with Gasteiger partial charge in [-0.3, -0.25) is 9.10 Å². The molecule has 140 valence electrons. The molecule has 2 aromatic carbocycles. The van der Waals surface area contributed by atoms with Crippen molar-refractivity contribution >= 4 is 21.6 Å². The average Bonchev–Trinajstić information content (AvgIpc) is 2.61. The highest BCUT2D eigenvalue weighted by Gasteiger charge is 2.24. The monoisotopic (exact) mass is 375 g/mol. The predicted octanol–water partition coefficient (Wildman–Crippen LogP) is 2.11. The van der Waals surface area contributed by atoms with E-state index in [0.29, 0.717) is 24.3 Å². The molecule has 0 fully saturated rings. The van der Waals surface area contributed by atoms with E-state index in [9.17, 15) is 13.2 Å². The summed E-state index contributed by atoms with van der Waals surface area (Å²) in [6.45, 7) is 3.08. The van der Waals surface area contributed by atoms with Crippen LogP contribution < -0.4 is 9.62 Å². The first-order valence-corrected chi connectivity index (χ1v) is 9.75. The Labute approximate surface area is 155 Å². The number of hydrogen-bond donors (Lipinski definition) is 1. The number of sulfonamides is 1. The van der Waals surface area contributed by atoms with Crippen LogP contribution >= 0.6 is 0 Å². The number of likely N-dealkylation sites (N-methyl/N-ethyl adjacent to an activating group) is 1.